The molecular weight excluding hydrogens is 282 g/mol. The van der Waals surface area contributed by atoms with Crippen molar-refractivity contribution in [2.45, 2.75) is 32.2 Å². The molecular formula is C17H23NO4. The lowest BCUT2D eigenvalue weighted by atomic mass is 9.98. The Morgan fingerprint density at radius 1 is 1.45 bits per heavy atom. The van der Waals surface area contributed by atoms with Gasteiger partial charge in [0.15, 0.2) is 0 Å². The molecule has 2 aromatic rings. The van der Waals surface area contributed by atoms with Crippen LogP contribution in [-0.2, 0) is 16.0 Å². The van der Waals surface area contributed by atoms with E-state index in [9.17, 15) is 4.79 Å². The summed E-state index contributed by atoms with van der Waals surface area (Å²) in [5, 5.41) is 13.0. The van der Waals surface area contributed by atoms with Crippen molar-refractivity contribution in [3.63, 3.8) is 0 Å². The van der Waals surface area contributed by atoms with E-state index >= 15 is 0 Å². The van der Waals surface area contributed by atoms with Crippen LogP contribution in [0.2, 0.25) is 0 Å². The summed E-state index contributed by atoms with van der Waals surface area (Å²) < 4.78 is 10.6. The molecule has 1 aromatic carbocycles. The zero-order valence-corrected chi connectivity index (χ0v) is 13.3. The zero-order valence-electron chi connectivity index (χ0n) is 13.3. The average molecular weight is 305 g/mol. The Bertz CT molecular complexity index is 641. The number of nitrogens with one attached hydrogen (secondary N) is 1. The van der Waals surface area contributed by atoms with Gasteiger partial charge in [0, 0.05) is 24.7 Å². The van der Waals surface area contributed by atoms with Gasteiger partial charge in [-0.05, 0) is 31.9 Å². The molecule has 1 unspecified atom stereocenters. The van der Waals surface area contributed by atoms with Crippen molar-refractivity contribution in [1.29, 1.82) is 0 Å². The van der Waals surface area contributed by atoms with Crippen LogP contribution in [0, 0.1) is 6.92 Å². The van der Waals surface area contributed by atoms with Gasteiger partial charge in [0.05, 0.1) is 24.8 Å². The summed E-state index contributed by atoms with van der Waals surface area (Å²) in [7, 11) is 1.58. The van der Waals surface area contributed by atoms with E-state index in [0.717, 1.165) is 22.1 Å². The Morgan fingerprint density at radius 3 is 2.91 bits per heavy atom. The molecule has 0 saturated heterocycles. The number of aliphatic hydroxyl groups excluding tert-OH is 1. The summed E-state index contributed by atoms with van der Waals surface area (Å²) >= 11 is 0. The summed E-state index contributed by atoms with van der Waals surface area (Å²) in [5.41, 5.74) is 2.19. The van der Waals surface area contributed by atoms with E-state index in [1.54, 1.807) is 13.4 Å². The highest BCUT2D eigenvalue weighted by molar-refractivity contribution is 5.88. The summed E-state index contributed by atoms with van der Waals surface area (Å²) in [6.45, 7) is 4.21. The van der Waals surface area contributed by atoms with E-state index in [1.165, 1.54) is 0 Å². The van der Waals surface area contributed by atoms with Crippen LogP contribution in [-0.4, -0.2) is 36.9 Å². The van der Waals surface area contributed by atoms with E-state index < -0.39 is 5.54 Å². The van der Waals surface area contributed by atoms with Crippen LogP contribution in [0.25, 0.3) is 11.0 Å². The fraction of sp³-hybridized carbons (Fsp3) is 0.471. The van der Waals surface area contributed by atoms with Gasteiger partial charge in [-0.2, -0.15) is 0 Å². The summed E-state index contributed by atoms with van der Waals surface area (Å²) in [6, 6.07) is 5.93. The van der Waals surface area contributed by atoms with E-state index in [1.807, 2.05) is 32.0 Å². The van der Waals surface area contributed by atoms with Gasteiger partial charge < -0.3 is 19.6 Å². The molecule has 5 heteroatoms. The van der Waals surface area contributed by atoms with Crippen molar-refractivity contribution in [2.24, 2.45) is 0 Å². The molecule has 22 heavy (non-hydrogen) atoms. The number of carbonyl (C=O) groups is 1. The lowest BCUT2D eigenvalue weighted by molar-refractivity contribution is -0.123. The van der Waals surface area contributed by atoms with Gasteiger partial charge in [0.2, 0.25) is 5.91 Å². The summed E-state index contributed by atoms with van der Waals surface area (Å²) in [5.74, 6) is -0.115. The SMILES string of the molecule is COCC(C)(CCO)NC(=O)Cc1coc2cc(C)ccc12. The number of methoxy groups -OCH3 is 1. The van der Waals surface area contributed by atoms with Crippen molar-refractivity contribution in [2.75, 3.05) is 20.3 Å². The number of furan rings is 1. The minimum Gasteiger partial charge on any atom is -0.464 e. The lowest BCUT2D eigenvalue weighted by Gasteiger charge is -2.29. The molecule has 0 saturated carbocycles. The molecule has 1 amide bonds. The van der Waals surface area contributed by atoms with Crippen LogP contribution in [0.3, 0.4) is 0 Å². The van der Waals surface area contributed by atoms with Gasteiger partial charge in [-0.15, -0.1) is 0 Å². The highest BCUT2D eigenvalue weighted by Crippen LogP contribution is 2.23. The van der Waals surface area contributed by atoms with Gasteiger partial charge in [-0.3, -0.25) is 4.79 Å². The number of rotatable bonds is 7. The van der Waals surface area contributed by atoms with Gasteiger partial charge in [-0.25, -0.2) is 0 Å². The minimum absolute atomic E-state index is 0.00590. The standard InChI is InChI=1S/C17H23NO4/c1-12-4-5-14-13(10-22-15(14)8-12)9-16(20)18-17(2,6-7-19)11-21-3/h4-5,8,10,19H,6-7,9,11H2,1-3H3,(H,18,20). The van der Waals surface area contributed by atoms with E-state index in [-0.39, 0.29) is 18.9 Å². The van der Waals surface area contributed by atoms with Gasteiger partial charge in [0.25, 0.3) is 0 Å². The maximum atomic E-state index is 12.3. The first-order chi connectivity index (χ1) is 10.5. The molecule has 0 fully saturated rings. The molecule has 120 valence electrons. The van der Waals surface area contributed by atoms with Crippen LogP contribution >= 0.6 is 0 Å². The Labute approximate surface area is 130 Å². The highest BCUT2D eigenvalue weighted by atomic mass is 16.5. The molecule has 0 radical (unpaired) electrons. The second kappa shape index (κ2) is 6.94. The molecule has 0 aliphatic heterocycles. The minimum atomic E-state index is -0.573. The molecule has 5 nitrogen and oxygen atoms in total. The molecule has 1 heterocycles. The van der Waals surface area contributed by atoms with Crippen LogP contribution in [0.1, 0.15) is 24.5 Å². The maximum absolute atomic E-state index is 12.3. The monoisotopic (exact) mass is 305 g/mol. The molecule has 0 aliphatic rings. The fourth-order valence-electron chi connectivity index (χ4n) is 2.62. The molecule has 0 bridgehead atoms. The van der Waals surface area contributed by atoms with Crippen molar-refractivity contribution < 1.29 is 19.1 Å². The van der Waals surface area contributed by atoms with Crippen molar-refractivity contribution in [1.82, 2.24) is 5.32 Å². The lowest BCUT2D eigenvalue weighted by Crippen LogP contribution is -2.50. The van der Waals surface area contributed by atoms with Crippen LogP contribution < -0.4 is 5.32 Å². The van der Waals surface area contributed by atoms with Crippen molar-refractivity contribution in [3.8, 4) is 0 Å². The van der Waals surface area contributed by atoms with Crippen LogP contribution in [0.5, 0.6) is 0 Å². The topological polar surface area (TPSA) is 71.7 Å². The predicted octanol–water partition coefficient (Wildman–Crippen LogP) is 2.19. The third kappa shape index (κ3) is 3.87. The number of aliphatic hydroxyl groups is 1. The third-order valence-corrected chi connectivity index (χ3v) is 3.73. The molecule has 2 rings (SSSR count). The molecule has 1 atom stereocenters. The second-order valence-electron chi connectivity index (χ2n) is 5.95. The summed E-state index contributed by atoms with van der Waals surface area (Å²) in [4.78, 5) is 12.3. The molecule has 2 N–H and O–H groups in total. The quantitative estimate of drug-likeness (QED) is 0.822. The zero-order chi connectivity index (χ0) is 16.2. The predicted molar refractivity (Wildman–Crippen MR) is 84.8 cm³/mol. The Kier molecular flexibility index (Phi) is 5.21. The first-order valence-electron chi connectivity index (χ1n) is 7.35. The molecule has 0 spiro atoms. The van der Waals surface area contributed by atoms with Crippen molar-refractivity contribution >= 4 is 16.9 Å². The first-order valence-corrected chi connectivity index (χ1v) is 7.35. The van der Waals surface area contributed by atoms with Gasteiger partial charge in [0.1, 0.15) is 5.58 Å². The van der Waals surface area contributed by atoms with Crippen LogP contribution in [0.4, 0.5) is 0 Å². The second-order valence-corrected chi connectivity index (χ2v) is 5.95. The van der Waals surface area contributed by atoms with Crippen molar-refractivity contribution in [3.05, 3.63) is 35.6 Å². The first kappa shape index (κ1) is 16.5. The third-order valence-electron chi connectivity index (χ3n) is 3.73. The van der Waals surface area contributed by atoms with Gasteiger partial charge >= 0.3 is 0 Å². The maximum Gasteiger partial charge on any atom is 0.225 e. The smallest absolute Gasteiger partial charge is 0.225 e. The number of hydrogen-bond acceptors (Lipinski definition) is 4. The Morgan fingerprint density at radius 2 is 2.23 bits per heavy atom. The summed E-state index contributed by atoms with van der Waals surface area (Å²) in [6.07, 6.45) is 2.31. The number of fused-ring (bicyclic) bond motifs is 1. The Balaban J connectivity index is 2.10. The number of benzene rings is 1. The van der Waals surface area contributed by atoms with E-state index in [4.69, 9.17) is 14.3 Å². The highest BCUT2D eigenvalue weighted by Gasteiger charge is 2.26. The average Bonchev–Trinajstić information content (AvgIpc) is 2.81. The number of ether oxygens (including phenoxy) is 1. The Hall–Kier alpha value is -1.85. The number of hydrogen-bond donors (Lipinski definition) is 2. The number of carbonyl (C=O) groups excluding carboxylic acids is 1. The normalized spacial score (nSPS) is 14.0. The molecule has 1 aromatic heterocycles. The van der Waals surface area contributed by atoms with Crippen LogP contribution in [0.15, 0.2) is 28.9 Å². The van der Waals surface area contributed by atoms with E-state index in [2.05, 4.69) is 5.32 Å². The van der Waals surface area contributed by atoms with E-state index in [0.29, 0.717) is 13.0 Å². The van der Waals surface area contributed by atoms with Gasteiger partial charge in [-0.1, -0.05) is 12.1 Å². The molecule has 0 aliphatic carbocycles. The fourth-order valence-corrected chi connectivity index (χ4v) is 2.62. The number of aryl methyl sites for hydroxylation is 1. The largest absolute Gasteiger partial charge is 0.464 e. The number of amides is 1.